The van der Waals surface area contributed by atoms with Gasteiger partial charge >= 0.3 is 0 Å². The van der Waals surface area contributed by atoms with Crippen LogP contribution < -0.4 is 5.32 Å². The minimum atomic E-state index is -0.455. The molecule has 0 aliphatic rings. The summed E-state index contributed by atoms with van der Waals surface area (Å²) in [6, 6.07) is 4.38. The molecule has 24 heavy (non-hydrogen) atoms. The van der Waals surface area contributed by atoms with E-state index >= 15 is 0 Å². The summed E-state index contributed by atoms with van der Waals surface area (Å²) in [5, 5.41) is 15.5. The lowest BCUT2D eigenvalue weighted by atomic mass is 9.93. The molecule has 2 rings (SSSR count). The summed E-state index contributed by atoms with van der Waals surface area (Å²) < 4.78 is 0.857. The van der Waals surface area contributed by atoms with Crippen molar-refractivity contribution in [1.82, 2.24) is 4.98 Å². The molecule has 0 bridgehead atoms. The fourth-order valence-corrected chi connectivity index (χ4v) is 3.74. The van der Waals surface area contributed by atoms with Crippen LogP contribution >= 0.6 is 23.1 Å². The van der Waals surface area contributed by atoms with Crippen LogP contribution in [0.1, 0.15) is 32.0 Å². The van der Waals surface area contributed by atoms with Gasteiger partial charge in [0.15, 0.2) is 4.34 Å². The van der Waals surface area contributed by atoms with Crippen LogP contribution in [0.25, 0.3) is 0 Å². The second-order valence-electron chi connectivity index (χ2n) is 6.34. The standard InChI is InChI=1S/C16H19N3O3S2/c1-10-7-11(19(21)22)5-6-12(10)17-14(20)9-24-15-18-13(8-23-15)16(2,3)4/h5-8H,9H2,1-4H3,(H,17,20). The van der Waals surface area contributed by atoms with Gasteiger partial charge in [0, 0.05) is 28.6 Å². The molecule has 1 N–H and O–H groups in total. The molecule has 0 radical (unpaired) electrons. The lowest BCUT2D eigenvalue weighted by Crippen LogP contribution is -2.15. The first-order valence-electron chi connectivity index (χ1n) is 7.30. The van der Waals surface area contributed by atoms with E-state index in [2.05, 4.69) is 31.1 Å². The number of nitro benzene ring substituents is 1. The average molecular weight is 365 g/mol. The SMILES string of the molecule is Cc1cc([N+](=O)[O-])ccc1NC(=O)CSc1nc(C(C)(C)C)cs1. The number of nitro groups is 1. The van der Waals surface area contributed by atoms with Crippen LogP contribution in [0.3, 0.4) is 0 Å². The van der Waals surface area contributed by atoms with Crippen molar-refractivity contribution in [2.24, 2.45) is 0 Å². The zero-order valence-electron chi connectivity index (χ0n) is 14.0. The first kappa shape index (κ1) is 18.4. The minimum absolute atomic E-state index is 0.00651. The molecular formula is C16H19N3O3S2. The highest BCUT2D eigenvalue weighted by Crippen LogP contribution is 2.29. The van der Waals surface area contributed by atoms with E-state index < -0.39 is 4.92 Å². The zero-order valence-corrected chi connectivity index (χ0v) is 15.6. The van der Waals surface area contributed by atoms with Crippen LogP contribution in [0.4, 0.5) is 11.4 Å². The number of carbonyl (C=O) groups is 1. The van der Waals surface area contributed by atoms with Gasteiger partial charge in [0.25, 0.3) is 5.69 Å². The number of benzene rings is 1. The Bertz CT molecular complexity index is 766. The molecule has 0 saturated carbocycles. The van der Waals surface area contributed by atoms with Gasteiger partial charge in [0.2, 0.25) is 5.91 Å². The van der Waals surface area contributed by atoms with Gasteiger partial charge < -0.3 is 5.32 Å². The van der Waals surface area contributed by atoms with Crippen LogP contribution in [0, 0.1) is 17.0 Å². The maximum absolute atomic E-state index is 12.1. The van der Waals surface area contributed by atoms with E-state index in [4.69, 9.17) is 0 Å². The molecule has 0 aliphatic carbocycles. The van der Waals surface area contributed by atoms with Crippen LogP contribution in [-0.4, -0.2) is 21.6 Å². The highest BCUT2D eigenvalue weighted by atomic mass is 32.2. The summed E-state index contributed by atoms with van der Waals surface area (Å²) in [6.07, 6.45) is 0. The third-order valence-corrected chi connectivity index (χ3v) is 5.29. The summed E-state index contributed by atoms with van der Waals surface area (Å²) >= 11 is 2.92. The Kier molecular flexibility index (Phi) is 5.61. The molecule has 0 unspecified atom stereocenters. The van der Waals surface area contributed by atoms with Crippen molar-refractivity contribution in [2.75, 3.05) is 11.1 Å². The summed E-state index contributed by atoms with van der Waals surface area (Å²) in [6.45, 7) is 8.02. The molecule has 6 nitrogen and oxygen atoms in total. The average Bonchev–Trinajstić information content (AvgIpc) is 2.96. The quantitative estimate of drug-likeness (QED) is 0.482. The maximum atomic E-state index is 12.1. The third-order valence-electron chi connectivity index (χ3n) is 3.27. The number of thiazole rings is 1. The fourth-order valence-electron chi connectivity index (χ4n) is 1.88. The highest BCUT2D eigenvalue weighted by molar-refractivity contribution is 8.01. The van der Waals surface area contributed by atoms with Crippen molar-refractivity contribution in [1.29, 1.82) is 0 Å². The number of hydrogen-bond donors (Lipinski definition) is 1. The molecule has 128 valence electrons. The Balaban J connectivity index is 1.94. The molecule has 0 fully saturated rings. The van der Waals surface area contributed by atoms with E-state index in [1.54, 1.807) is 13.0 Å². The normalized spacial score (nSPS) is 11.3. The van der Waals surface area contributed by atoms with E-state index in [1.165, 1.54) is 35.2 Å². The summed E-state index contributed by atoms with van der Waals surface area (Å²) in [5.41, 5.74) is 2.26. The van der Waals surface area contributed by atoms with Gasteiger partial charge in [-0.3, -0.25) is 14.9 Å². The van der Waals surface area contributed by atoms with E-state index in [9.17, 15) is 14.9 Å². The molecule has 8 heteroatoms. The predicted molar refractivity (Wildman–Crippen MR) is 98.0 cm³/mol. The molecule has 1 heterocycles. The Morgan fingerprint density at radius 3 is 2.67 bits per heavy atom. The summed E-state index contributed by atoms with van der Waals surface area (Å²) in [5.74, 6) is 0.0810. The van der Waals surface area contributed by atoms with E-state index in [0.29, 0.717) is 11.3 Å². The Hall–Kier alpha value is -1.93. The number of thioether (sulfide) groups is 1. The number of anilines is 1. The topological polar surface area (TPSA) is 85.1 Å². The monoisotopic (exact) mass is 365 g/mol. The lowest BCUT2D eigenvalue weighted by molar-refractivity contribution is -0.384. The molecule has 1 amide bonds. The summed E-state index contributed by atoms with van der Waals surface area (Å²) in [4.78, 5) is 26.9. The number of aromatic nitrogens is 1. The van der Waals surface area contributed by atoms with Crippen molar-refractivity contribution in [3.63, 3.8) is 0 Å². The molecule has 2 aromatic rings. The Morgan fingerprint density at radius 2 is 2.12 bits per heavy atom. The molecule has 0 spiro atoms. The van der Waals surface area contributed by atoms with Crippen molar-refractivity contribution in [2.45, 2.75) is 37.4 Å². The Labute approximate surface area is 148 Å². The molecule has 0 saturated heterocycles. The van der Waals surface area contributed by atoms with Gasteiger partial charge in [-0.15, -0.1) is 11.3 Å². The molecule has 0 atom stereocenters. The number of nitrogens with zero attached hydrogens (tertiary/aromatic N) is 2. The van der Waals surface area contributed by atoms with Gasteiger partial charge in [-0.05, 0) is 18.6 Å². The summed E-state index contributed by atoms with van der Waals surface area (Å²) in [7, 11) is 0. The van der Waals surface area contributed by atoms with Crippen molar-refractivity contribution in [3.05, 3.63) is 45.0 Å². The van der Waals surface area contributed by atoms with Crippen LogP contribution in [0.2, 0.25) is 0 Å². The number of rotatable bonds is 5. The van der Waals surface area contributed by atoms with Crippen molar-refractivity contribution < 1.29 is 9.72 Å². The third kappa shape index (κ3) is 4.78. The van der Waals surface area contributed by atoms with Crippen LogP contribution in [0.5, 0.6) is 0 Å². The highest BCUT2D eigenvalue weighted by Gasteiger charge is 2.18. The van der Waals surface area contributed by atoms with Crippen molar-refractivity contribution in [3.8, 4) is 0 Å². The van der Waals surface area contributed by atoms with Gasteiger partial charge in [-0.1, -0.05) is 32.5 Å². The second kappa shape index (κ2) is 7.31. The first-order chi connectivity index (χ1) is 11.2. The number of carbonyl (C=O) groups excluding carboxylic acids is 1. The molecule has 1 aromatic heterocycles. The van der Waals surface area contributed by atoms with Gasteiger partial charge in [-0.25, -0.2) is 4.98 Å². The number of nitrogens with one attached hydrogen (secondary N) is 1. The van der Waals surface area contributed by atoms with E-state index in [1.807, 2.05) is 5.38 Å². The number of aryl methyl sites for hydroxylation is 1. The maximum Gasteiger partial charge on any atom is 0.269 e. The van der Waals surface area contributed by atoms with Gasteiger partial charge in [0.05, 0.1) is 16.4 Å². The molecule has 0 aliphatic heterocycles. The van der Waals surface area contributed by atoms with Gasteiger partial charge in [0.1, 0.15) is 0 Å². The van der Waals surface area contributed by atoms with Crippen LogP contribution in [0.15, 0.2) is 27.9 Å². The first-order valence-corrected chi connectivity index (χ1v) is 9.17. The smallest absolute Gasteiger partial charge is 0.269 e. The minimum Gasteiger partial charge on any atom is -0.325 e. The number of amides is 1. The Morgan fingerprint density at radius 1 is 1.42 bits per heavy atom. The van der Waals surface area contributed by atoms with E-state index in [0.717, 1.165) is 10.0 Å². The predicted octanol–water partition coefficient (Wildman–Crippen LogP) is 4.39. The van der Waals surface area contributed by atoms with E-state index in [-0.39, 0.29) is 22.8 Å². The molecular weight excluding hydrogens is 346 g/mol. The number of hydrogen-bond acceptors (Lipinski definition) is 6. The number of non-ortho nitro benzene ring substituents is 1. The van der Waals surface area contributed by atoms with Crippen molar-refractivity contribution >= 4 is 40.4 Å². The van der Waals surface area contributed by atoms with Crippen LogP contribution in [-0.2, 0) is 10.2 Å². The lowest BCUT2D eigenvalue weighted by Gasteiger charge is -2.14. The molecule has 1 aromatic carbocycles. The zero-order chi connectivity index (χ0) is 17.9. The fraction of sp³-hybridized carbons (Fsp3) is 0.375. The largest absolute Gasteiger partial charge is 0.325 e. The van der Waals surface area contributed by atoms with Gasteiger partial charge in [-0.2, -0.15) is 0 Å². The second-order valence-corrected chi connectivity index (χ2v) is 8.42.